The van der Waals surface area contributed by atoms with Crippen molar-refractivity contribution in [2.45, 2.75) is 24.5 Å². The van der Waals surface area contributed by atoms with Crippen molar-refractivity contribution in [1.82, 2.24) is 0 Å². The summed E-state index contributed by atoms with van der Waals surface area (Å²) in [5, 5.41) is 43.1. The highest BCUT2D eigenvalue weighted by molar-refractivity contribution is 5.57. The molecule has 2 aromatic rings. The fourth-order valence-electron chi connectivity index (χ4n) is 2.57. The number of nitrogens with one attached hydrogen (secondary N) is 1. The first-order valence-corrected chi connectivity index (χ1v) is 7.99. The van der Waals surface area contributed by atoms with Gasteiger partial charge in [-0.05, 0) is 24.3 Å². The average molecular weight is 380 g/mol. The molecule has 0 bridgehead atoms. The lowest BCUT2D eigenvalue weighted by Crippen LogP contribution is -2.55. The van der Waals surface area contributed by atoms with Gasteiger partial charge in [0.15, 0.2) is 6.23 Å². The molecule has 0 saturated carbocycles. The molecule has 3 rings (SSSR count). The number of anilines is 1. The second-order valence-corrected chi connectivity index (χ2v) is 5.98. The smallest absolute Gasteiger partial charge is 0.275 e. The number of nitro groups is 1. The van der Waals surface area contributed by atoms with Gasteiger partial charge in [-0.15, -0.1) is 0 Å². The van der Waals surface area contributed by atoms with Crippen LogP contribution in [0.1, 0.15) is 0 Å². The summed E-state index contributed by atoms with van der Waals surface area (Å²) >= 11 is 0. The summed E-state index contributed by atoms with van der Waals surface area (Å²) < 4.78 is 23.7. The van der Waals surface area contributed by atoms with Crippen molar-refractivity contribution in [3.05, 3.63) is 58.4 Å². The Bertz CT molecular complexity index is 817. The highest BCUT2D eigenvalue weighted by Gasteiger charge is 2.37. The molecule has 0 aromatic heterocycles. The molecular formula is C17H17FN2O7. The first-order valence-electron chi connectivity index (χ1n) is 7.99. The van der Waals surface area contributed by atoms with Crippen LogP contribution in [0.15, 0.2) is 42.5 Å². The van der Waals surface area contributed by atoms with E-state index in [1.807, 2.05) is 0 Å². The van der Waals surface area contributed by atoms with Crippen LogP contribution in [0.25, 0.3) is 0 Å². The average Bonchev–Trinajstić information content (AvgIpc) is 2.64. The monoisotopic (exact) mass is 380 g/mol. The van der Waals surface area contributed by atoms with Gasteiger partial charge in [-0.1, -0.05) is 0 Å². The molecule has 144 valence electrons. The Kier molecular flexibility index (Phi) is 5.51. The molecule has 27 heavy (non-hydrogen) atoms. The summed E-state index contributed by atoms with van der Waals surface area (Å²) in [7, 11) is 0. The van der Waals surface area contributed by atoms with Crippen molar-refractivity contribution >= 4 is 11.4 Å². The molecule has 1 aliphatic rings. The van der Waals surface area contributed by atoms with Crippen LogP contribution < -0.4 is 10.1 Å². The van der Waals surface area contributed by atoms with Gasteiger partial charge in [-0.3, -0.25) is 10.1 Å². The maximum absolute atomic E-state index is 13.0. The van der Waals surface area contributed by atoms with E-state index in [0.29, 0.717) is 0 Å². The molecule has 1 fully saturated rings. The number of nitrogens with zero attached hydrogens (tertiary/aromatic N) is 1. The molecule has 4 atom stereocenters. The van der Waals surface area contributed by atoms with E-state index in [1.54, 1.807) is 0 Å². The molecule has 0 amide bonds. The minimum atomic E-state index is -1.45. The first-order chi connectivity index (χ1) is 12.8. The summed E-state index contributed by atoms with van der Waals surface area (Å²) in [6, 6.07) is 8.91. The third-order valence-electron chi connectivity index (χ3n) is 3.96. The van der Waals surface area contributed by atoms with Gasteiger partial charge in [0.1, 0.15) is 35.6 Å². The van der Waals surface area contributed by atoms with Crippen LogP contribution in [0.2, 0.25) is 0 Å². The van der Waals surface area contributed by atoms with Crippen LogP contribution in [-0.2, 0) is 4.74 Å². The highest BCUT2D eigenvalue weighted by Crippen LogP contribution is 2.31. The number of rotatable bonds is 5. The Balaban J connectivity index is 1.83. The summed E-state index contributed by atoms with van der Waals surface area (Å²) in [6.07, 6.45) is -5.20. The molecule has 4 N–H and O–H groups in total. The summed E-state index contributed by atoms with van der Waals surface area (Å²) in [6.45, 7) is -0.218. The third kappa shape index (κ3) is 4.49. The molecular weight excluding hydrogens is 363 g/mol. The van der Waals surface area contributed by atoms with Crippen LogP contribution in [0.3, 0.4) is 0 Å². The number of aliphatic hydroxyl groups excluding tert-OH is 3. The third-order valence-corrected chi connectivity index (χ3v) is 3.96. The molecule has 0 radical (unpaired) electrons. The van der Waals surface area contributed by atoms with E-state index < -0.39 is 35.3 Å². The van der Waals surface area contributed by atoms with Gasteiger partial charge < -0.3 is 30.1 Å². The normalized spacial score (nSPS) is 25.0. The highest BCUT2D eigenvalue weighted by atomic mass is 19.1. The Morgan fingerprint density at radius 3 is 2.48 bits per heavy atom. The number of ether oxygens (including phenoxy) is 2. The number of halogens is 1. The Morgan fingerprint density at radius 2 is 1.81 bits per heavy atom. The second kappa shape index (κ2) is 7.84. The van der Waals surface area contributed by atoms with Crippen LogP contribution in [-0.4, -0.2) is 51.4 Å². The van der Waals surface area contributed by atoms with Gasteiger partial charge in [-0.25, -0.2) is 4.39 Å². The lowest BCUT2D eigenvalue weighted by Gasteiger charge is -2.35. The Labute approximate surface area is 152 Å². The van der Waals surface area contributed by atoms with Gasteiger partial charge in [0.25, 0.3) is 5.69 Å². The Hall–Kier alpha value is -2.79. The van der Waals surface area contributed by atoms with Gasteiger partial charge in [0.05, 0.1) is 17.6 Å². The molecule has 1 aliphatic heterocycles. The lowest BCUT2D eigenvalue weighted by atomic mass is 10.0. The molecule has 10 heteroatoms. The van der Waals surface area contributed by atoms with E-state index in [0.717, 1.165) is 0 Å². The summed E-state index contributed by atoms with van der Waals surface area (Å²) in [5.74, 6) is -0.0764. The first kappa shape index (κ1) is 19.0. The number of nitro benzene ring substituents is 1. The molecule has 1 saturated heterocycles. The van der Waals surface area contributed by atoms with Crippen molar-refractivity contribution in [3.63, 3.8) is 0 Å². The van der Waals surface area contributed by atoms with Crippen molar-refractivity contribution < 1.29 is 34.1 Å². The SMILES string of the molecule is O=[N+]([O-])c1cc(N[C@H]2OC[C@@H](O)[C@@H](O)[C@H]2O)cc(Oc2ccc(F)cc2)c1. The van der Waals surface area contributed by atoms with Gasteiger partial charge >= 0.3 is 0 Å². The maximum atomic E-state index is 13.0. The number of hydrogen-bond donors (Lipinski definition) is 4. The van der Waals surface area contributed by atoms with Crippen LogP contribution >= 0.6 is 0 Å². The predicted octanol–water partition coefficient (Wildman–Crippen LogP) is 1.38. The zero-order valence-electron chi connectivity index (χ0n) is 13.9. The van der Waals surface area contributed by atoms with E-state index in [2.05, 4.69) is 5.32 Å². The topological polar surface area (TPSA) is 134 Å². The van der Waals surface area contributed by atoms with Crippen molar-refractivity contribution in [2.75, 3.05) is 11.9 Å². The van der Waals surface area contributed by atoms with Crippen LogP contribution in [0, 0.1) is 15.9 Å². The van der Waals surface area contributed by atoms with Crippen molar-refractivity contribution in [1.29, 1.82) is 0 Å². The summed E-state index contributed by atoms with van der Waals surface area (Å²) in [4.78, 5) is 10.5. The lowest BCUT2D eigenvalue weighted by molar-refractivity contribution is -0.384. The molecule has 0 unspecified atom stereocenters. The van der Waals surface area contributed by atoms with E-state index in [4.69, 9.17) is 9.47 Å². The van der Waals surface area contributed by atoms with Gasteiger partial charge in [-0.2, -0.15) is 0 Å². The number of aliphatic hydroxyl groups is 3. The minimum absolute atomic E-state index is 0.101. The predicted molar refractivity (Wildman–Crippen MR) is 91.0 cm³/mol. The fourth-order valence-corrected chi connectivity index (χ4v) is 2.57. The van der Waals surface area contributed by atoms with E-state index in [-0.39, 0.29) is 29.5 Å². The van der Waals surface area contributed by atoms with Gasteiger partial charge in [0.2, 0.25) is 0 Å². The van der Waals surface area contributed by atoms with Crippen LogP contribution in [0.4, 0.5) is 15.8 Å². The molecule has 1 heterocycles. The zero-order valence-corrected chi connectivity index (χ0v) is 13.9. The van der Waals surface area contributed by atoms with Crippen molar-refractivity contribution in [2.24, 2.45) is 0 Å². The Morgan fingerprint density at radius 1 is 1.11 bits per heavy atom. The molecule has 9 nitrogen and oxygen atoms in total. The molecule has 0 spiro atoms. The van der Waals surface area contributed by atoms with E-state index >= 15 is 0 Å². The zero-order chi connectivity index (χ0) is 19.6. The van der Waals surface area contributed by atoms with Gasteiger partial charge in [0, 0.05) is 17.8 Å². The second-order valence-electron chi connectivity index (χ2n) is 5.98. The quantitative estimate of drug-likeness (QED) is 0.451. The molecule has 2 aromatic carbocycles. The summed E-state index contributed by atoms with van der Waals surface area (Å²) in [5.41, 5.74) is -0.100. The largest absolute Gasteiger partial charge is 0.457 e. The van der Waals surface area contributed by atoms with E-state index in [1.165, 1.54) is 42.5 Å². The number of non-ortho nitro benzene ring substituents is 1. The fraction of sp³-hybridized carbons (Fsp3) is 0.294. The maximum Gasteiger partial charge on any atom is 0.275 e. The van der Waals surface area contributed by atoms with Crippen LogP contribution in [0.5, 0.6) is 11.5 Å². The number of hydrogen-bond acceptors (Lipinski definition) is 8. The molecule has 0 aliphatic carbocycles. The van der Waals surface area contributed by atoms with E-state index in [9.17, 15) is 29.8 Å². The van der Waals surface area contributed by atoms with Crippen molar-refractivity contribution in [3.8, 4) is 11.5 Å². The minimum Gasteiger partial charge on any atom is -0.457 e. The standard InChI is InChI=1S/C17H17FN2O7/c18-9-1-3-12(4-2-9)27-13-6-10(5-11(7-13)20(24)25)19-17-16(23)15(22)14(21)8-26-17/h1-7,14-17,19,21-23H,8H2/t14-,15-,16-,17+/m1/s1. The number of benzene rings is 2.